The predicted molar refractivity (Wildman–Crippen MR) is 221 cm³/mol. The van der Waals surface area contributed by atoms with Gasteiger partial charge in [0.25, 0.3) is 5.69 Å². The van der Waals surface area contributed by atoms with E-state index in [1.54, 1.807) is 18.2 Å². The van der Waals surface area contributed by atoms with Crippen LogP contribution < -0.4 is 44.4 Å². The molecule has 2 aliphatic heterocycles. The van der Waals surface area contributed by atoms with Crippen LogP contribution in [0.2, 0.25) is 0 Å². The average molecular weight is 870 g/mol. The van der Waals surface area contributed by atoms with Crippen molar-refractivity contribution in [2.24, 2.45) is 0 Å². The molecule has 5 rings (SSSR count). The molecule has 1 atom stereocenters. The number of nitrogens with zero attached hydrogens (tertiary/aromatic N) is 3. The monoisotopic (exact) mass is 869 g/mol. The summed E-state index contributed by atoms with van der Waals surface area (Å²) in [5.74, 6) is 0.950. The first-order valence-corrected chi connectivity index (χ1v) is 21.9. The normalized spacial score (nSPS) is 16.7. The number of allylic oxidation sites excluding steroid dienone is 5. The van der Waals surface area contributed by atoms with Crippen LogP contribution in [0.5, 0.6) is 0 Å². The number of carbonyl (C=O) groups excluding carboxylic acids is 2. The van der Waals surface area contributed by atoms with E-state index in [1.165, 1.54) is 24.3 Å². The van der Waals surface area contributed by atoms with E-state index in [9.17, 15) is 36.1 Å². The van der Waals surface area contributed by atoms with Crippen LogP contribution in [-0.2, 0) is 47.2 Å². The van der Waals surface area contributed by atoms with Gasteiger partial charge in [-0.1, -0.05) is 58.4 Å². The Kier molecular flexibility index (Phi) is 17.3. The van der Waals surface area contributed by atoms with E-state index in [4.69, 9.17) is 14.0 Å². The summed E-state index contributed by atoms with van der Waals surface area (Å²) in [6.07, 6.45) is 11.2. The van der Waals surface area contributed by atoms with Gasteiger partial charge >= 0.3 is 35.7 Å². The first-order valence-electron chi connectivity index (χ1n) is 18.9. The zero-order valence-electron chi connectivity index (χ0n) is 34.8. The summed E-state index contributed by atoms with van der Waals surface area (Å²) in [6.45, 7) is 13.7. The molecule has 0 saturated carbocycles. The number of nitro benzene ring substituents is 1. The number of hydrogen-bond acceptors (Lipinski definition) is 12. The van der Waals surface area contributed by atoms with Gasteiger partial charge in [0.05, 0.1) is 26.0 Å². The minimum absolute atomic E-state index is 0. The first-order chi connectivity index (χ1) is 27.7. The van der Waals surface area contributed by atoms with Crippen molar-refractivity contribution in [1.82, 2.24) is 4.58 Å². The Morgan fingerprint density at radius 2 is 1.58 bits per heavy atom. The molecular formula is C43H48N3NaO11S2. The Bertz CT molecular complexity index is 2570. The molecule has 2 aromatic carbocycles. The fourth-order valence-electron chi connectivity index (χ4n) is 7.19. The Labute approximate surface area is 373 Å². The summed E-state index contributed by atoms with van der Waals surface area (Å²) in [6, 6.07) is 18.9. The number of fused-ring (bicyclic) bond motifs is 2. The minimum Gasteiger partial charge on any atom is -0.748 e. The molecule has 0 saturated heterocycles. The van der Waals surface area contributed by atoms with Crippen LogP contribution in [0.1, 0.15) is 83.3 Å². The van der Waals surface area contributed by atoms with Crippen LogP contribution in [0.3, 0.4) is 0 Å². The Morgan fingerprint density at radius 1 is 0.917 bits per heavy atom. The number of non-ortho nitro benzene ring substituents is 1. The molecule has 0 fully saturated rings. The van der Waals surface area contributed by atoms with Gasteiger partial charge in [-0.05, 0) is 86.4 Å². The third-order valence-electron chi connectivity index (χ3n) is 10.1. The van der Waals surface area contributed by atoms with Crippen LogP contribution in [-0.4, -0.2) is 55.9 Å². The number of hydrogen-bond donors (Lipinski definition) is 0. The largest absolute Gasteiger partial charge is 1.00 e. The van der Waals surface area contributed by atoms with Crippen molar-refractivity contribution in [2.45, 2.75) is 83.1 Å². The Hall–Kier alpha value is -4.51. The van der Waals surface area contributed by atoms with E-state index in [-0.39, 0.29) is 64.7 Å². The van der Waals surface area contributed by atoms with Gasteiger partial charge in [0.15, 0.2) is 6.54 Å². The quantitative estimate of drug-likeness (QED) is 0.0442. The molecule has 2 aromatic rings. The average Bonchev–Trinajstić information content (AvgIpc) is 3.38. The molecule has 1 aliphatic carbocycles. The molecule has 2 heterocycles. The van der Waals surface area contributed by atoms with Crippen molar-refractivity contribution in [3.05, 3.63) is 135 Å². The Morgan fingerprint density at radius 3 is 2.15 bits per heavy atom. The topological polar surface area (TPSA) is 211 Å². The van der Waals surface area contributed by atoms with Crippen LogP contribution in [0.15, 0.2) is 106 Å². The smallest absolute Gasteiger partial charge is 0.748 e. The molecule has 1 unspecified atom stereocenters. The number of rotatable bonds is 14. The molecular weight excluding hydrogens is 822 g/mol. The molecule has 3 aliphatic rings. The fraction of sp³-hybridized carbons (Fsp3) is 0.349. The summed E-state index contributed by atoms with van der Waals surface area (Å²) in [4.78, 5) is 28.5. The van der Waals surface area contributed by atoms with E-state index < -0.39 is 36.3 Å². The molecule has 0 N–H and O–H groups in total. The molecule has 0 bridgehead atoms. The zero-order valence-corrected chi connectivity index (χ0v) is 38.5. The van der Waals surface area contributed by atoms with Crippen molar-refractivity contribution >= 4 is 43.8 Å². The van der Waals surface area contributed by atoms with Gasteiger partial charge in [-0.2, -0.15) is 9.59 Å². The van der Waals surface area contributed by atoms with Gasteiger partial charge in [0.1, 0.15) is 28.2 Å². The summed E-state index contributed by atoms with van der Waals surface area (Å²) < 4.78 is 79.0. The van der Waals surface area contributed by atoms with Crippen LogP contribution in [0.25, 0.3) is 17.4 Å². The third-order valence-corrected chi connectivity index (χ3v) is 11.7. The van der Waals surface area contributed by atoms with E-state index in [0.717, 1.165) is 39.9 Å². The van der Waals surface area contributed by atoms with Gasteiger partial charge in [-0.3, -0.25) is 10.1 Å². The van der Waals surface area contributed by atoms with Crippen molar-refractivity contribution in [2.75, 3.05) is 23.7 Å². The van der Waals surface area contributed by atoms with E-state index in [0.29, 0.717) is 36.5 Å². The molecule has 0 aromatic heterocycles. The van der Waals surface area contributed by atoms with Crippen LogP contribution >= 0.6 is 0 Å². The summed E-state index contributed by atoms with van der Waals surface area (Å²) >= 11 is 0. The predicted octanol–water partition coefficient (Wildman–Crippen LogP) is 3.87. The second kappa shape index (κ2) is 20.8. The maximum absolute atomic E-state index is 12.0. The van der Waals surface area contributed by atoms with Crippen LogP contribution in [0, 0.1) is 10.1 Å². The summed E-state index contributed by atoms with van der Waals surface area (Å²) in [7, 11) is -9.17. The molecule has 14 nitrogen and oxygen atoms in total. The number of benzene rings is 3. The fourth-order valence-corrected chi connectivity index (χ4v) is 8.17. The number of anilines is 1. The van der Waals surface area contributed by atoms with Crippen molar-refractivity contribution in [3.63, 3.8) is 0 Å². The van der Waals surface area contributed by atoms with Crippen molar-refractivity contribution < 1.29 is 74.4 Å². The van der Waals surface area contributed by atoms with Crippen molar-refractivity contribution in [3.8, 4) is 11.3 Å². The van der Waals surface area contributed by atoms with E-state index in [2.05, 4.69) is 25.3 Å². The minimum atomic E-state index is -4.72. The molecule has 60 heavy (non-hydrogen) atoms. The standard InChI is InChI=1S/C42H49N3O9S2.CO2.Na/c1-7-23-42(6)36-28-34(56(51,52)53)20-22-37(36)44(24-12-25-55(48,49)50)39(42)14-11-9-10-13-31-26-40(41(3,4)5)54-38-27-33(19-21-35(31)38)43(8-2)29-30-15-17-32(18-16-30)45(46)47;2-1-3;/h9-11,13-22,26-28H,7-8,12,23-25,29H2,1-6H3,(H-,48,49,50,51,52,53);;/q;;+1/p-1. The molecule has 0 radical (unpaired) electrons. The summed E-state index contributed by atoms with van der Waals surface area (Å²) in [5.41, 5.74) is 3.95. The second-order valence-corrected chi connectivity index (χ2v) is 18.2. The van der Waals surface area contributed by atoms with E-state index in [1.807, 2.05) is 80.3 Å². The third kappa shape index (κ3) is 12.5. The molecule has 0 spiro atoms. The maximum atomic E-state index is 12.0. The SMILES string of the molecule is CCCC1(C)\C(=C/C=C/C=C/c2cc(C(C)(C)C)oc3cc(=[N+](CC)Cc4ccc([N+](=O)[O-])cc4)ccc2-3)N(CCCS(=O)(=O)[O-])c2ccc(S(=O)(=O)[O-])cc21.O=C=O.[Na+]. The first kappa shape index (κ1) is 49.8. The van der Waals surface area contributed by atoms with Gasteiger partial charge in [0, 0.05) is 63.8 Å². The molecule has 314 valence electrons. The van der Waals surface area contributed by atoms with Gasteiger partial charge in [-0.15, -0.1) is 0 Å². The van der Waals surface area contributed by atoms with Gasteiger partial charge < -0.3 is 18.4 Å². The van der Waals surface area contributed by atoms with E-state index >= 15 is 0 Å². The molecule has 0 amide bonds. The van der Waals surface area contributed by atoms with Gasteiger partial charge in [-0.25, -0.2) is 21.4 Å². The second-order valence-electron chi connectivity index (χ2n) is 15.3. The van der Waals surface area contributed by atoms with Crippen LogP contribution in [0.4, 0.5) is 11.4 Å². The Balaban J connectivity index is 0.00000233. The maximum Gasteiger partial charge on any atom is 1.00 e. The summed E-state index contributed by atoms with van der Waals surface area (Å²) in [5, 5.41) is 12.1. The molecule has 17 heteroatoms. The number of nitro groups is 1. The van der Waals surface area contributed by atoms with Crippen molar-refractivity contribution in [1.29, 1.82) is 0 Å². The zero-order chi connectivity index (χ0) is 43.8. The van der Waals surface area contributed by atoms with Gasteiger partial charge in [0.2, 0.25) is 5.36 Å².